The van der Waals surface area contributed by atoms with Gasteiger partial charge in [0.15, 0.2) is 0 Å². The van der Waals surface area contributed by atoms with Crippen molar-refractivity contribution in [2.75, 3.05) is 20.3 Å². The molecule has 0 amide bonds. The molecule has 1 atom stereocenters. The van der Waals surface area contributed by atoms with Gasteiger partial charge in [0.25, 0.3) is 0 Å². The van der Waals surface area contributed by atoms with E-state index in [1.165, 1.54) is 24.0 Å². The standard InChI is InChI=1S/C18H29NO/c1-14(2)17-7-5-6-16(13-17)12-15(3)19(4)18-8-10-20-11-9-18/h5-7,13-15,18H,8-12H2,1-4H3. The molecule has 2 rings (SSSR count). The first-order valence-electron chi connectivity index (χ1n) is 7.96. The molecular formula is C18H29NO. The number of benzene rings is 1. The molecule has 2 nitrogen and oxygen atoms in total. The van der Waals surface area contributed by atoms with Gasteiger partial charge in [-0.3, -0.25) is 0 Å². The summed E-state index contributed by atoms with van der Waals surface area (Å²) in [6.45, 7) is 8.71. The number of nitrogens with zero attached hydrogens (tertiary/aromatic N) is 1. The normalized spacial score (nSPS) is 18.7. The Morgan fingerprint density at radius 3 is 2.55 bits per heavy atom. The third-order valence-corrected chi connectivity index (χ3v) is 4.61. The van der Waals surface area contributed by atoms with Crippen LogP contribution in [-0.4, -0.2) is 37.2 Å². The number of likely N-dealkylation sites (N-methyl/N-ethyl adjacent to an activating group) is 1. The minimum atomic E-state index is 0.584. The monoisotopic (exact) mass is 275 g/mol. The summed E-state index contributed by atoms with van der Waals surface area (Å²) in [6, 6.07) is 10.3. The first kappa shape index (κ1) is 15.5. The lowest BCUT2D eigenvalue weighted by atomic mass is 9.97. The lowest BCUT2D eigenvalue weighted by Gasteiger charge is -2.35. The summed E-state index contributed by atoms with van der Waals surface area (Å²) in [5.41, 5.74) is 2.91. The summed E-state index contributed by atoms with van der Waals surface area (Å²) in [5, 5.41) is 0. The fraction of sp³-hybridized carbons (Fsp3) is 0.667. The van der Waals surface area contributed by atoms with Gasteiger partial charge in [-0.25, -0.2) is 0 Å². The fourth-order valence-corrected chi connectivity index (χ4v) is 3.02. The Morgan fingerprint density at radius 2 is 1.90 bits per heavy atom. The van der Waals surface area contributed by atoms with E-state index < -0.39 is 0 Å². The molecule has 1 aliphatic rings. The van der Waals surface area contributed by atoms with E-state index in [2.05, 4.69) is 57.0 Å². The van der Waals surface area contributed by atoms with E-state index in [1.54, 1.807) is 0 Å². The molecule has 0 saturated carbocycles. The minimum Gasteiger partial charge on any atom is -0.381 e. The zero-order valence-electron chi connectivity index (χ0n) is 13.4. The number of hydrogen-bond acceptors (Lipinski definition) is 2. The zero-order chi connectivity index (χ0) is 14.5. The first-order chi connectivity index (χ1) is 9.58. The largest absolute Gasteiger partial charge is 0.381 e. The predicted molar refractivity (Wildman–Crippen MR) is 85.3 cm³/mol. The maximum absolute atomic E-state index is 5.46. The fourth-order valence-electron chi connectivity index (χ4n) is 3.02. The molecule has 2 heteroatoms. The Hall–Kier alpha value is -0.860. The predicted octanol–water partition coefficient (Wildman–Crippen LogP) is 3.85. The van der Waals surface area contributed by atoms with E-state index in [-0.39, 0.29) is 0 Å². The molecule has 112 valence electrons. The van der Waals surface area contributed by atoms with Crippen LogP contribution in [0, 0.1) is 0 Å². The molecule has 1 saturated heterocycles. The highest BCUT2D eigenvalue weighted by Crippen LogP contribution is 2.20. The van der Waals surface area contributed by atoms with E-state index >= 15 is 0 Å². The van der Waals surface area contributed by atoms with Gasteiger partial charge < -0.3 is 9.64 Å². The van der Waals surface area contributed by atoms with Crippen molar-refractivity contribution in [3.05, 3.63) is 35.4 Å². The smallest absolute Gasteiger partial charge is 0.0480 e. The van der Waals surface area contributed by atoms with Gasteiger partial charge in [-0.05, 0) is 50.3 Å². The van der Waals surface area contributed by atoms with E-state index in [0.29, 0.717) is 18.0 Å². The number of ether oxygens (including phenoxy) is 1. The zero-order valence-corrected chi connectivity index (χ0v) is 13.4. The van der Waals surface area contributed by atoms with Gasteiger partial charge in [0, 0.05) is 25.3 Å². The van der Waals surface area contributed by atoms with Crippen LogP contribution in [0.5, 0.6) is 0 Å². The molecule has 0 spiro atoms. The van der Waals surface area contributed by atoms with Crippen LogP contribution < -0.4 is 0 Å². The van der Waals surface area contributed by atoms with E-state index in [9.17, 15) is 0 Å². The maximum Gasteiger partial charge on any atom is 0.0480 e. The average Bonchev–Trinajstić information content (AvgIpc) is 2.47. The quantitative estimate of drug-likeness (QED) is 0.809. The molecule has 0 bridgehead atoms. The molecular weight excluding hydrogens is 246 g/mol. The molecule has 1 aliphatic heterocycles. The second-order valence-corrected chi connectivity index (χ2v) is 6.46. The molecule has 1 aromatic carbocycles. The van der Waals surface area contributed by atoms with Crippen molar-refractivity contribution in [3.8, 4) is 0 Å². The lowest BCUT2D eigenvalue weighted by molar-refractivity contribution is 0.0312. The van der Waals surface area contributed by atoms with Crippen LogP contribution in [0.4, 0.5) is 0 Å². The van der Waals surface area contributed by atoms with Crippen LogP contribution in [0.3, 0.4) is 0 Å². The van der Waals surface area contributed by atoms with Crippen LogP contribution >= 0.6 is 0 Å². The molecule has 0 aromatic heterocycles. The third-order valence-electron chi connectivity index (χ3n) is 4.61. The Morgan fingerprint density at radius 1 is 1.20 bits per heavy atom. The SMILES string of the molecule is CC(C)c1cccc(CC(C)N(C)C2CCOCC2)c1. The van der Waals surface area contributed by atoms with Crippen molar-refractivity contribution >= 4 is 0 Å². The average molecular weight is 275 g/mol. The van der Waals surface area contributed by atoms with Crippen molar-refractivity contribution in [3.63, 3.8) is 0 Å². The summed E-state index contributed by atoms with van der Waals surface area (Å²) in [7, 11) is 2.27. The molecule has 0 aliphatic carbocycles. The molecule has 1 fully saturated rings. The van der Waals surface area contributed by atoms with Gasteiger partial charge >= 0.3 is 0 Å². The molecule has 0 N–H and O–H groups in total. The lowest BCUT2D eigenvalue weighted by Crippen LogP contribution is -2.42. The summed E-state index contributed by atoms with van der Waals surface area (Å²) in [6.07, 6.45) is 3.48. The minimum absolute atomic E-state index is 0.584. The summed E-state index contributed by atoms with van der Waals surface area (Å²) < 4.78 is 5.46. The summed E-state index contributed by atoms with van der Waals surface area (Å²) >= 11 is 0. The van der Waals surface area contributed by atoms with Crippen LogP contribution in [0.2, 0.25) is 0 Å². The number of rotatable bonds is 5. The Balaban J connectivity index is 1.96. The molecule has 20 heavy (non-hydrogen) atoms. The molecule has 1 unspecified atom stereocenters. The second kappa shape index (κ2) is 7.24. The van der Waals surface area contributed by atoms with E-state index in [1.807, 2.05) is 0 Å². The van der Waals surface area contributed by atoms with Gasteiger partial charge in [-0.1, -0.05) is 38.1 Å². The highest BCUT2D eigenvalue weighted by Gasteiger charge is 2.22. The molecule has 1 heterocycles. The van der Waals surface area contributed by atoms with Gasteiger partial charge in [0.05, 0.1) is 0 Å². The van der Waals surface area contributed by atoms with Gasteiger partial charge in [0.2, 0.25) is 0 Å². The van der Waals surface area contributed by atoms with Crippen molar-refractivity contribution in [2.24, 2.45) is 0 Å². The Bertz CT molecular complexity index is 410. The molecule has 0 radical (unpaired) electrons. The van der Waals surface area contributed by atoms with Crippen LogP contribution in [0.1, 0.15) is 50.7 Å². The van der Waals surface area contributed by atoms with Gasteiger partial charge in [0.1, 0.15) is 0 Å². The Kier molecular flexibility index (Phi) is 5.62. The van der Waals surface area contributed by atoms with Gasteiger partial charge in [-0.2, -0.15) is 0 Å². The first-order valence-corrected chi connectivity index (χ1v) is 7.96. The maximum atomic E-state index is 5.46. The number of hydrogen-bond donors (Lipinski definition) is 0. The van der Waals surface area contributed by atoms with E-state index in [4.69, 9.17) is 4.74 Å². The Labute approximate surface area is 124 Å². The topological polar surface area (TPSA) is 12.5 Å². The summed E-state index contributed by atoms with van der Waals surface area (Å²) in [4.78, 5) is 2.55. The van der Waals surface area contributed by atoms with Crippen molar-refractivity contribution in [1.29, 1.82) is 0 Å². The van der Waals surface area contributed by atoms with Crippen molar-refractivity contribution in [2.45, 2.75) is 58.0 Å². The highest BCUT2D eigenvalue weighted by atomic mass is 16.5. The van der Waals surface area contributed by atoms with Crippen molar-refractivity contribution < 1.29 is 4.74 Å². The van der Waals surface area contributed by atoms with Gasteiger partial charge in [-0.15, -0.1) is 0 Å². The van der Waals surface area contributed by atoms with E-state index in [0.717, 1.165) is 19.6 Å². The second-order valence-electron chi connectivity index (χ2n) is 6.46. The van der Waals surface area contributed by atoms with Crippen molar-refractivity contribution in [1.82, 2.24) is 4.90 Å². The molecule has 1 aromatic rings. The third kappa shape index (κ3) is 4.07. The van der Waals surface area contributed by atoms with Crippen LogP contribution in [0.15, 0.2) is 24.3 Å². The highest BCUT2D eigenvalue weighted by molar-refractivity contribution is 5.26. The van der Waals surface area contributed by atoms with Crippen LogP contribution in [-0.2, 0) is 11.2 Å². The van der Waals surface area contributed by atoms with Crippen LogP contribution in [0.25, 0.3) is 0 Å². The summed E-state index contributed by atoms with van der Waals surface area (Å²) in [5.74, 6) is 0.610.